The molecule has 13 nitrogen and oxygen atoms in total. The number of amides is 2. The van der Waals surface area contributed by atoms with Crippen LogP contribution >= 0.6 is 0 Å². The summed E-state index contributed by atoms with van der Waals surface area (Å²) in [6.45, 7) is 0. The highest BCUT2D eigenvalue weighted by Crippen LogP contribution is 2.30. The van der Waals surface area contributed by atoms with Gasteiger partial charge in [0.1, 0.15) is 18.1 Å². The number of hydrogen-bond acceptors (Lipinski definition) is 9. The summed E-state index contributed by atoms with van der Waals surface area (Å²) in [5.74, 6) is -3.33. The van der Waals surface area contributed by atoms with Crippen molar-refractivity contribution in [1.29, 1.82) is 0 Å². The first-order chi connectivity index (χ1) is 22.7. The minimum Gasteiger partial charge on any atom is -0.468 e. The highest BCUT2D eigenvalue weighted by atomic mass is 32.2. The monoisotopic (exact) mass is 692 g/mol. The number of halogens is 3. The zero-order chi connectivity index (χ0) is 35.5. The summed E-state index contributed by atoms with van der Waals surface area (Å²) in [6, 6.07) is 14.3. The van der Waals surface area contributed by atoms with Gasteiger partial charge in [-0.15, -0.1) is 0 Å². The molecule has 0 aliphatic heterocycles. The molecule has 3 N–H and O–H groups in total. The van der Waals surface area contributed by atoms with Crippen LogP contribution in [0.5, 0.6) is 0 Å². The van der Waals surface area contributed by atoms with E-state index in [9.17, 15) is 46.1 Å². The second kappa shape index (κ2) is 16.5. The lowest BCUT2D eigenvalue weighted by Crippen LogP contribution is -2.55. The molecule has 2 unspecified atom stereocenters. The molecule has 3 atom stereocenters. The van der Waals surface area contributed by atoms with Crippen LogP contribution in [0, 0.1) is 10.1 Å². The molecule has 0 aliphatic carbocycles. The summed E-state index contributed by atoms with van der Waals surface area (Å²) >= 11 is 0. The van der Waals surface area contributed by atoms with Crippen LogP contribution in [0.25, 0.3) is 0 Å². The Hall–Kier alpha value is -5.29. The second-order valence-corrected chi connectivity index (χ2v) is 11.8. The van der Waals surface area contributed by atoms with Gasteiger partial charge in [-0.2, -0.15) is 17.9 Å². The molecule has 3 aromatic carbocycles. The maximum atomic E-state index is 14.2. The number of nitro benzene ring substituents is 1. The normalized spacial score (nSPS) is 13.7. The summed E-state index contributed by atoms with van der Waals surface area (Å²) < 4.78 is 79.6. The fraction of sp³-hybridized carbons (Fsp3) is 0.258. The maximum Gasteiger partial charge on any atom is 0.412 e. The Morgan fingerprint density at radius 1 is 0.875 bits per heavy atom. The Morgan fingerprint density at radius 2 is 1.42 bits per heavy atom. The number of carbonyl (C=O) groups excluding carboxylic acids is 3. The predicted molar refractivity (Wildman–Crippen MR) is 165 cm³/mol. The largest absolute Gasteiger partial charge is 0.468 e. The molecule has 2 amide bonds. The van der Waals surface area contributed by atoms with Crippen molar-refractivity contribution >= 4 is 33.7 Å². The fourth-order valence-corrected chi connectivity index (χ4v) is 5.75. The minimum atomic E-state index is -5.07. The number of carbonyl (C=O) groups is 3. The molecule has 0 radical (unpaired) electrons. The van der Waals surface area contributed by atoms with Crippen LogP contribution in [-0.4, -0.2) is 69.8 Å². The highest BCUT2D eigenvalue weighted by Gasteiger charge is 2.42. The van der Waals surface area contributed by atoms with Crippen LogP contribution in [0.2, 0.25) is 0 Å². The first-order valence-corrected chi connectivity index (χ1v) is 15.5. The number of benzene rings is 3. The molecule has 48 heavy (non-hydrogen) atoms. The highest BCUT2D eigenvalue weighted by molar-refractivity contribution is 7.89. The lowest BCUT2D eigenvalue weighted by molar-refractivity contribution is -0.384. The van der Waals surface area contributed by atoms with Crippen LogP contribution in [-0.2, 0) is 29.1 Å². The van der Waals surface area contributed by atoms with Crippen LogP contribution in [0.15, 0.2) is 102 Å². The number of hydrogen-bond donors (Lipinski definition) is 3. The molecule has 3 rings (SSSR count). The van der Waals surface area contributed by atoms with E-state index in [2.05, 4.69) is 14.8 Å². The molecule has 17 heteroatoms. The van der Waals surface area contributed by atoms with Gasteiger partial charge >= 0.3 is 18.2 Å². The van der Waals surface area contributed by atoms with E-state index in [4.69, 9.17) is 0 Å². The van der Waals surface area contributed by atoms with Crippen molar-refractivity contribution in [1.82, 2.24) is 15.4 Å². The average Bonchev–Trinajstić information content (AvgIpc) is 3.07. The van der Waals surface area contributed by atoms with E-state index >= 15 is 0 Å². The molecule has 3 aromatic rings. The minimum absolute atomic E-state index is 0.399. The molecule has 0 heterocycles. The van der Waals surface area contributed by atoms with E-state index in [1.807, 2.05) is 10.0 Å². The average molecular weight is 693 g/mol. The maximum absolute atomic E-state index is 14.2. The number of ether oxygens (including phenoxy) is 2. The molecule has 256 valence electrons. The van der Waals surface area contributed by atoms with Gasteiger partial charge in [0.05, 0.1) is 24.0 Å². The number of nitrogens with zero attached hydrogens (tertiary/aromatic N) is 1. The second-order valence-electron chi connectivity index (χ2n) is 10.1. The van der Waals surface area contributed by atoms with Crippen LogP contribution in [0.1, 0.15) is 23.5 Å². The van der Waals surface area contributed by atoms with Crippen molar-refractivity contribution in [2.75, 3.05) is 14.2 Å². The van der Waals surface area contributed by atoms with Crippen LogP contribution in [0.3, 0.4) is 0 Å². The smallest absolute Gasteiger partial charge is 0.412 e. The molecule has 0 spiro atoms. The number of nitrogens with one attached hydrogen (secondary N) is 3. The van der Waals surface area contributed by atoms with Crippen molar-refractivity contribution in [2.45, 2.75) is 41.5 Å². The van der Waals surface area contributed by atoms with Crippen molar-refractivity contribution in [3.05, 3.63) is 118 Å². The molecular weight excluding hydrogens is 661 g/mol. The molecule has 0 aromatic heterocycles. The Labute approximate surface area is 273 Å². The van der Waals surface area contributed by atoms with E-state index in [-0.39, 0.29) is 0 Å². The fourth-order valence-electron chi connectivity index (χ4n) is 4.55. The van der Waals surface area contributed by atoms with E-state index in [0.29, 0.717) is 17.2 Å². The number of non-ortho nitro benzene ring substituents is 1. The van der Waals surface area contributed by atoms with Gasteiger partial charge in [0.25, 0.3) is 5.69 Å². The quantitative estimate of drug-likeness (QED) is 0.0974. The lowest BCUT2D eigenvalue weighted by Gasteiger charge is -2.29. The van der Waals surface area contributed by atoms with Crippen molar-refractivity contribution in [2.24, 2.45) is 0 Å². The SMILES string of the molecule is COC(=O)NC(C(=O)NC(/C=C/C[C@H](NS(=O)(=O)c1ccc([N+](=O)[O-])cc1)C(=O)OC)C(F)(F)F)C(c1ccccc1)c1ccccc1. The van der Waals surface area contributed by atoms with Crippen LogP contribution < -0.4 is 15.4 Å². The van der Waals surface area contributed by atoms with E-state index in [0.717, 1.165) is 44.6 Å². The zero-order valence-electron chi connectivity index (χ0n) is 25.4. The van der Waals surface area contributed by atoms with E-state index in [1.165, 1.54) is 0 Å². The van der Waals surface area contributed by atoms with Gasteiger partial charge in [0.15, 0.2) is 0 Å². The van der Waals surface area contributed by atoms with Gasteiger partial charge in [-0.05, 0) is 29.7 Å². The van der Waals surface area contributed by atoms with Crippen molar-refractivity contribution < 1.29 is 50.4 Å². The molecule has 0 saturated carbocycles. The first-order valence-electron chi connectivity index (χ1n) is 14.0. The van der Waals surface area contributed by atoms with Gasteiger partial charge in [-0.25, -0.2) is 13.2 Å². The summed E-state index contributed by atoms with van der Waals surface area (Å²) in [5, 5.41) is 15.1. The Bertz CT molecular complexity index is 1670. The van der Waals surface area contributed by atoms with Crippen LogP contribution in [0.4, 0.5) is 23.7 Å². The third-order valence-electron chi connectivity index (χ3n) is 6.88. The Kier molecular flexibility index (Phi) is 12.8. The Balaban J connectivity index is 1.89. The van der Waals surface area contributed by atoms with Crippen molar-refractivity contribution in [3.63, 3.8) is 0 Å². The number of esters is 1. The van der Waals surface area contributed by atoms with Gasteiger partial charge in [-0.1, -0.05) is 72.8 Å². The predicted octanol–water partition coefficient (Wildman–Crippen LogP) is 3.96. The number of alkyl halides is 3. The Morgan fingerprint density at radius 3 is 1.88 bits per heavy atom. The lowest BCUT2D eigenvalue weighted by atomic mass is 9.84. The van der Waals surface area contributed by atoms with Gasteiger partial charge < -0.3 is 20.1 Å². The third-order valence-corrected chi connectivity index (χ3v) is 8.37. The topological polar surface area (TPSA) is 183 Å². The zero-order valence-corrected chi connectivity index (χ0v) is 26.2. The van der Waals surface area contributed by atoms with Crippen molar-refractivity contribution in [3.8, 4) is 0 Å². The molecular formula is C31H31F3N4O9S. The number of rotatable bonds is 14. The number of alkyl carbamates (subject to hydrolysis) is 1. The van der Waals surface area contributed by atoms with Gasteiger partial charge in [0.2, 0.25) is 15.9 Å². The van der Waals surface area contributed by atoms with Gasteiger partial charge in [-0.3, -0.25) is 19.7 Å². The number of nitro groups is 1. The summed E-state index contributed by atoms with van der Waals surface area (Å²) in [4.78, 5) is 47.9. The van der Waals surface area contributed by atoms with Gasteiger partial charge in [0, 0.05) is 18.1 Å². The first kappa shape index (κ1) is 37.2. The third kappa shape index (κ3) is 10.1. The standard InChI is InChI=1S/C31H31F3N4O9S/c1-46-29(40)24(37-48(44,45)23-18-16-22(17-19-23)38(42)43)14-9-15-25(31(32,33)34)35-28(39)27(36-30(41)47-2)26(20-10-5-3-6-11-20)21-12-7-4-8-13-21/h3-13,15-19,24-27,37H,14H2,1-2H3,(H,35,39)(H,36,41)/b15-9+/t24-,25?,27?/m0/s1. The molecule has 0 fully saturated rings. The number of sulfonamides is 1. The number of methoxy groups -OCH3 is 2. The molecule has 0 bridgehead atoms. The molecule has 0 saturated heterocycles. The summed E-state index contributed by atoms with van der Waals surface area (Å²) in [7, 11) is -2.53. The van der Waals surface area contributed by atoms with E-state index < -0.39 is 80.1 Å². The van der Waals surface area contributed by atoms with E-state index in [1.54, 1.807) is 60.7 Å². The molecule has 0 aliphatic rings. The summed E-state index contributed by atoms with van der Waals surface area (Å²) in [5.41, 5.74) is 0.602. The summed E-state index contributed by atoms with van der Waals surface area (Å²) in [6.07, 6.45) is -5.46.